The largest absolute Gasteiger partial charge is 0.457 e. The minimum atomic E-state index is -0.305. The van der Waals surface area contributed by atoms with E-state index in [-0.39, 0.29) is 11.6 Å². The summed E-state index contributed by atoms with van der Waals surface area (Å²) in [5, 5.41) is 3.14. The number of ether oxygens (including phenoxy) is 1. The van der Waals surface area contributed by atoms with Crippen LogP contribution >= 0.6 is 0 Å². The van der Waals surface area contributed by atoms with Crippen molar-refractivity contribution < 1.29 is 13.5 Å². The van der Waals surface area contributed by atoms with Gasteiger partial charge in [-0.3, -0.25) is 0 Å². The van der Waals surface area contributed by atoms with E-state index in [0.717, 1.165) is 12.1 Å². The lowest BCUT2D eigenvalue weighted by atomic mass is 10.1. The van der Waals surface area contributed by atoms with Crippen LogP contribution in [0.5, 0.6) is 11.5 Å². The molecule has 0 saturated carbocycles. The van der Waals surface area contributed by atoms with Gasteiger partial charge >= 0.3 is 0 Å². The first-order chi connectivity index (χ1) is 9.60. The summed E-state index contributed by atoms with van der Waals surface area (Å²) in [5.74, 6) is 0.528. The fraction of sp³-hybridized carbons (Fsp3) is 0.250. The third kappa shape index (κ3) is 3.54. The molecule has 0 atom stereocenters. The molecule has 0 unspecified atom stereocenters. The van der Waals surface area contributed by atoms with Crippen LogP contribution in [0.15, 0.2) is 36.4 Å². The summed E-state index contributed by atoms with van der Waals surface area (Å²) < 4.78 is 32.2. The standard InChI is InChI=1S/C16H17F2NO/c1-3-19-10-12-9-14(18)5-7-16(12)20-15-6-4-13(17)8-11(15)2/h4-9,19H,3,10H2,1-2H3. The first kappa shape index (κ1) is 14.5. The quantitative estimate of drug-likeness (QED) is 0.885. The summed E-state index contributed by atoms with van der Waals surface area (Å²) in [4.78, 5) is 0. The number of halogens is 2. The molecule has 1 N–H and O–H groups in total. The zero-order valence-corrected chi connectivity index (χ0v) is 11.5. The normalized spacial score (nSPS) is 10.6. The first-order valence-electron chi connectivity index (χ1n) is 6.53. The topological polar surface area (TPSA) is 21.3 Å². The highest BCUT2D eigenvalue weighted by Gasteiger charge is 2.08. The molecule has 0 spiro atoms. The highest BCUT2D eigenvalue weighted by atomic mass is 19.1. The lowest BCUT2D eigenvalue weighted by Gasteiger charge is -2.13. The van der Waals surface area contributed by atoms with Crippen LogP contribution in [0, 0.1) is 18.6 Å². The Bertz CT molecular complexity index is 599. The van der Waals surface area contributed by atoms with E-state index in [0.29, 0.717) is 23.6 Å². The van der Waals surface area contributed by atoms with Crippen molar-refractivity contribution in [2.45, 2.75) is 20.4 Å². The van der Waals surface area contributed by atoms with E-state index < -0.39 is 0 Å². The monoisotopic (exact) mass is 277 g/mol. The zero-order valence-electron chi connectivity index (χ0n) is 11.5. The van der Waals surface area contributed by atoms with Crippen LogP contribution in [0.4, 0.5) is 8.78 Å². The molecule has 0 bridgehead atoms. The number of hydrogen-bond acceptors (Lipinski definition) is 2. The van der Waals surface area contributed by atoms with Gasteiger partial charge in [-0.05, 0) is 55.4 Å². The zero-order chi connectivity index (χ0) is 14.5. The summed E-state index contributed by atoms with van der Waals surface area (Å²) in [5.41, 5.74) is 1.43. The number of nitrogens with one attached hydrogen (secondary N) is 1. The molecule has 0 fully saturated rings. The molecule has 0 aliphatic rings. The van der Waals surface area contributed by atoms with Gasteiger partial charge in [-0.1, -0.05) is 6.92 Å². The fourth-order valence-electron chi connectivity index (χ4n) is 1.89. The molecule has 0 aromatic heterocycles. The smallest absolute Gasteiger partial charge is 0.132 e. The van der Waals surface area contributed by atoms with Gasteiger partial charge in [0, 0.05) is 12.1 Å². The van der Waals surface area contributed by atoms with E-state index in [2.05, 4.69) is 5.32 Å². The molecule has 2 rings (SSSR count). The lowest BCUT2D eigenvalue weighted by molar-refractivity contribution is 0.465. The molecular weight excluding hydrogens is 260 g/mol. The van der Waals surface area contributed by atoms with Gasteiger partial charge in [-0.15, -0.1) is 0 Å². The Morgan fingerprint density at radius 1 is 1.00 bits per heavy atom. The third-order valence-electron chi connectivity index (χ3n) is 2.94. The van der Waals surface area contributed by atoms with Gasteiger partial charge in [-0.2, -0.15) is 0 Å². The lowest BCUT2D eigenvalue weighted by Crippen LogP contribution is -2.12. The number of hydrogen-bond donors (Lipinski definition) is 1. The van der Waals surface area contributed by atoms with Crippen LogP contribution in [0.3, 0.4) is 0 Å². The van der Waals surface area contributed by atoms with Crippen molar-refractivity contribution in [1.29, 1.82) is 0 Å². The predicted molar refractivity (Wildman–Crippen MR) is 75.0 cm³/mol. The second-order valence-electron chi connectivity index (χ2n) is 4.54. The first-order valence-corrected chi connectivity index (χ1v) is 6.53. The van der Waals surface area contributed by atoms with E-state index in [1.807, 2.05) is 6.92 Å². The Hall–Kier alpha value is -1.94. The predicted octanol–water partition coefficient (Wildman–Crippen LogP) is 4.18. The van der Waals surface area contributed by atoms with Gasteiger partial charge in [0.1, 0.15) is 23.1 Å². The molecular formula is C16H17F2NO. The fourth-order valence-corrected chi connectivity index (χ4v) is 1.89. The van der Waals surface area contributed by atoms with E-state index in [1.54, 1.807) is 19.1 Å². The molecule has 4 heteroatoms. The van der Waals surface area contributed by atoms with Gasteiger partial charge in [-0.25, -0.2) is 8.78 Å². The van der Waals surface area contributed by atoms with E-state index >= 15 is 0 Å². The Morgan fingerprint density at radius 2 is 1.65 bits per heavy atom. The number of benzene rings is 2. The maximum absolute atomic E-state index is 13.3. The van der Waals surface area contributed by atoms with E-state index in [4.69, 9.17) is 4.74 Å². The molecule has 2 aromatic carbocycles. The highest BCUT2D eigenvalue weighted by Crippen LogP contribution is 2.28. The Labute approximate surface area is 117 Å². The van der Waals surface area contributed by atoms with Crippen LogP contribution in [-0.4, -0.2) is 6.54 Å². The van der Waals surface area contributed by atoms with Crippen LogP contribution < -0.4 is 10.1 Å². The summed E-state index contributed by atoms with van der Waals surface area (Å²) in [7, 11) is 0. The minimum Gasteiger partial charge on any atom is -0.457 e. The van der Waals surface area contributed by atoms with Gasteiger partial charge in [0.15, 0.2) is 0 Å². The van der Waals surface area contributed by atoms with Crippen molar-refractivity contribution in [2.24, 2.45) is 0 Å². The Kier molecular flexibility index (Phi) is 4.69. The molecule has 106 valence electrons. The van der Waals surface area contributed by atoms with Crippen LogP contribution in [0.2, 0.25) is 0 Å². The molecule has 0 radical (unpaired) electrons. The molecule has 2 nitrogen and oxygen atoms in total. The highest BCUT2D eigenvalue weighted by molar-refractivity contribution is 5.41. The van der Waals surface area contributed by atoms with Crippen LogP contribution in [0.25, 0.3) is 0 Å². The van der Waals surface area contributed by atoms with Crippen molar-refractivity contribution in [3.8, 4) is 11.5 Å². The van der Waals surface area contributed by atoms with Crippen molar-refractivity contribution in [3.05, 3.63) is 59.2 Å². The average molecular weight is 277 g/mol. The maximum atomic E-state index is 13.3. The summed E-state index contributed by atoms with van der Waals surface area (Å²) >= 11 is 0. The number of rotatable bonds is 5. The summed E-state index contributed by atoms with van der Waals surface area (Å²) in [6.07, 6.45) is 0. The molecule has 0 saturated heterocycles. The molecule has 0 amide bonds. The van der Waals surface area contributed by atoms with Crippen LogP contribution in [-0.2, 0) is 6.54 Å². The van der Waals surface area contributed by atoms with E-state index in [9.17, 15) is 8.78 Å². The van der Waals surface area contributed by atoms with Crippen molar-refractivity contribution in [2.75, 3.05) is 6.54 Å². The van der Waals surface area contributed by atoms with Gasteiger partial charge < -0.3 is 10.1 Å². The van der Waals surface area contributed by atoms with Crippen molar-refractivity contribution >= 4 is 0 Å². The van der Waals surface area contributed by atoms with Gasteiger partial charge in [0.25, 0.3) is 0 Å². The summed E-state index contributed by atoms with van der Waals surface area (Å²) in [6.45, 7) is 5.05. The second kappa shape index (κ2) is 6.48. The van der Waals surface area contributed by atoms with Crippen molar-refractivity contribution in [3.63, 3.8) is 0 Å². The second-order valence-corrected chi connectivity index (χ2v) is 4.54. The molecule has 2 aromatic rings. The van der Waals surface area contributed by atoms with Gasteiger partial charge in [0.2, 0.25) is 0 Å². The van der Waals surface area contributed by atoms with E-state index in [1.165, 1.54) is 24.3 Å². The third-order valence-corrected chi connectivity index (χ3v) is 2.94. The van der Waals surface area contributed by atoms with Gasteiger partial charge in [0.05, 0.1) is 0 Å². The number of aryl methyl sites for hydroxylation is 1. The maximum Gasteiger partial charge on any atom is 0.132 e. The molecule has 0 heterocycles. The van der Waals surface area contributed by atoms with Crippen LogP contribution in [0.1, 0.15) is 18.1 Å². The van der Waals surface area contributed by atoms with Crippen molar-refractivity contribution in [1.82, 2.24) is 5.32 Å². The molecule has 0 aliphatic heterocycles. The summed E-state index contributed by atoms with van der Waals surface area (Å²) in [6, 6.07) is 8.70. The average Bonchev–Trinajstić information content (AvgIpc) is 2.41. The molecule has 0 aliphatic carbocycles. The molecule has 20 heavy (non-hydrogen) atoms. The SMILES string of the molecule is CCNCc1cc(F)ccc1Oc1ccc(F)cc1C. The Morgan fingerprint density at radius 3 is 2.30 bits per heavy atom. The Balaban J connectivity index is 2.27. The minimum absolute atomic E-state index is 0.304.